The van der Waals surface area contributed by atoms with Crippen LogP contribution in [0.2, 0.25) is 0 Å². The zero-order valence-electron chi connectivity index (χ0n) is 19.0. The molecule has 8 heteroatoms. The van der Waals surface area contributed by atoms with Crippen LogP contribution in [-0.4, -0.2) is 40.4 Å². The van der Waals surface area contributed by atoms with Gasteiger partial charge in [0, 0.05) is 24.6 Å². The first kappa shape index (κ1) is 23.3. The summed E-state index contributed by atoms with van der Waals surface area (Å²) >= 11 is 1.45. The number of fused-ring (bicyclic) bond motifs is 1. The lowest BCUT2D eigenvalue weighted by atomic mass is 9.87. The van der Waals surface area contributed by atoms with Gasteiger partial charge in [0.2, 0.25) is 11.8 Å². The van der Waals surface area contributed by atoms with Crippen LogP contribution in [0.5, 0.6) is 0 Å². The number of thioether (sulfide) groups is 1. The highest BCUT2D eigenvalue weighted by Crippen LogP contribution is 2.47. The van der Waals surface area contributed by atoms with Crippen molar-refractivity contribution in [1.29, 1.82) is 0 Å². The van der Waals surface area contributed by atoms with Crippen LogP contribution in [0.1, 0.15) is 56.7 Å². The quantitative estimate of drug-likeness (QED) is 0.759. The van der Waals surface area contributed by atoms with Crippen molar-refractivity contribution in [3.05, 3.63) is 46.9 Å². The molecular formula is C23H31FN4O2S. The maximum atomic E-state index is 14.1. The van der Waals surface area contributed by atoms with Crippen LogP contribution < -0.4 is 10.2 Å². The van der Waals surface area contributed by atoms with E-state index in [2.05, 4.69) is 26.1 Å². The number of amides is 2. The zero-order chi connectivity index (χ0) is 22.9. The van der Waals surface area contributed by atoms with Gasteiger partial charge in [-0.15, -0.1) is 11.8 Å². The number of rotatable bonds is 5. The van der Waals surface area contributed by atoms with Gasteiger partial charge < -0.3 is 5.32 Å². The lowest BCUT2D eigenvalue weighted by Crippen LogP contribution is -2.43. The molecule has 3 rings (SSSR count). The minimum Gasteiger partial charge on any atom is -0.354 e. The highest BCUT2D eigenvalue weighted by Gasteiger charge is 2.38. The number of nitrogens with zero attached hydrogens (tertiary/aromatic N) is 3. The minimum absolute atomic E-state index is 0.0713. The summed E-state index contributed by atoms with van der Waals surface area (Å²) in [4.78, 5) is 27.2. The summed E-state index contributed by atoms with van der Waals surface area (Å²) in [5.74, 6) is 0.428. The zero-order valence-corrected chi connectivity index (χ0v) is 19.8. The molecule has 1 aromatic carbocycles. The van der Waals surface area contributed by atoms with Crippen LogP contribution >= 0.6 is 11.8 Å². The molecule has 0 spiro atoms. The molecule has 0 radical (unpaired) electrons. The second-order valence-electron chi connectivity index (χ2n) is 9.38. The number of benzene rings is 1. The standard InChI is InChI=1S/C23H31FN4O2S/c1-14(2)11-25-17(29)12-28-18(30)13-31-20(15-8-7-9-16(24)10-15)19-21(23(3,4)5)26-27(6)22(19)28/h7-10,14,20H,11-13H2,1-6H3,(H,25,29). The van der Waals surface area contributed by atoms with E-state index in [1.165, 1.54) is 28.8 Å². The van der Waals surface area contributed by atoms with Crippen LogP contribution in [-0.2, 0) is 22.1 Å². The summed E-state index contributed by atoms with van der Waals surface area (Å²) in [5, 5.41) is 7.38. The first-order chi connectivity index (χ1) is 14.5. The van der Waals surface area contributed by atoms with Crippen molar-refractivity contribution in [2.24, 2.45) is 13.0 Å². The van der Waals surface area contributed by atoms with E-state index in [4.69, 9.17) is 5.10 Å². The molecule has 2 amide bonds. The van der Waals surface area contributed by atoms with Crippen molar-refractivity contribution in [2.45, 2.75) is 45.3 Å². The van der Waals surface area contributed by atoms with E-state index in [-0.39, 0.29) is 40.6 Å². The highest BCUT2D eigenvalue weighted by molar-refractivity contribution is 8.00. The minimum atomic E-state index is -0.318. The Morgan fingerprint density at radius 1 is 1.35 bits per heavy atom. The van der Waals surface area contributed by atoms with E-state index in [0.29, 0.717) is 18.3 Å². The molecule has 0 aliphatic carbocycles. The van der Waals surface area contributed by atoms with Crippen LogP contribution in [0.3, 0.4) is 0 Å². The Morgan fingerprint density at radius 3 is 2.68 bits per heavy atom. The molecule has 1 atom stereocenters. The number of aryl methyl sites for hydroxylation is 1. The Morgan fingerprint density at radius 2 is 2.06 bits per heavy atom. The number of hydrogen-bond donors (Lipinski definition) is 1. The fraction of sp³-hybridized carbons (Fsp3) is 0.522. The van der Waals surface area contributed by atoms with Crippen LogP contribution in [0, 0.1) is 11.7 Å². The third-order valence-corrected chi connectivity index (χ3v) is 6.37. The van der Waals surface area contributed by atoms with Gasteiger partial charge in [-0.05, 0) is 23.6 Å². The first-order valence-electron chi connectivity index (χ1n) is 10.5. The molecule has 0 saturated carbocycles. The van der Waals surface area contributed by atoms with E-state index in [0.717, 1.165) is 16.8 Å². The number of halogens is 1. The molecule has 168 valence electrons. The van der Waals surface area contributed by atoms with E-state index in [1.807, 2.05) is 19.9 Å². The summed E-state index contributed by atoms with van der Waals surface area (Å²) in [6.45, 7) is 10.7. The van der Waals surface area contributed by atoms with Crippen molar-refractivity contribution in [2.75, 3.05) is 23.7 Å². The molecule has 1 aromatic heterocycles. The summed E-state index contributed by atoms with van der Waals surface area (Å²) in [6, 6.07) is 6.48. The Hall–Kier alpha value is -2.35. The van der Waals surface area contributed by atoms with Crippen LogP contribution in [0.25, 0.3) is 0 Å². The van der Waals surface area contributed by atoms with Gasteiger partial charge >= 0.3 is 0 Å². The normalized spacial score (nSPS) is 17.0. The smallest absolute Gasteiger partial charge is 0.240 e. The van der Waals surface area contributed by atoms with Crippen LogP contribution in [0.15, 0.2) is 24.3 Å². The fourth-order valence-corrected chi connectivity index (χ4v) is 4.88. The number of nitrogens with one attached hydrogen (secondary N) is 1. The number of anilines is 1. The molecule has 0 bridgehead atoms. The average molecular weight is 447 g/mol. The van der Waals surface area contributed by atoms with Gasteiger partial charge in [-0.25, -0.2) is 4.39 Å². The summed E-state index contributed by atoms with van der Waals surface area (Å²) in [6.07, 6.45) is 0. The molecule has 0 saturated heterocycles. The number of aromatic nitrogens is 2. The van der Waals surface area contributed by atoms with Crippen molar-refractivity contribution in [3.63, 3.8) is 0 Å². The third kappa shape index (κ3) is 5.11. The van der Waals surface area contributed by atoms with Crippen LogP contribution in [0.4, 0.5) is 10.2 Å². The van der Waals surface area contributed by atoms with Gasteiger partial charge in [0.05, 0.1) is 16.7 Å². The molecule has 6 nitrogen and oxygen atoms in total. The fourth-order valence-electron chi connectivity index (χ4n) is 3.69. The Kier molecular flexibility index (Phi) is 6.79. The lowest BCUT2D eigenvalue weighted by Gasteiger charge is -2.24. The monoisotopic (exact) mass is 446 g/mol. The number of carbonyl (C=O) groups is 2. The second kappa shape index (κ2) is 9.02. The lowest BCUT2D eigenvalue weighted by molar-refractivity contribution is -0.123. The number of hydrogen-bond acceptors (Lipinski definition) is 4. The molecule has 0 fully saturated rings. The summed E-state index contributed by atoms with van der Waals surface area (Å²) in [5.41, 5.74) is 2.20. The van der Waals surface area contributed by atoms with Crippen molar-refractivity contribution in [1.82, 2.24) is 15.1 Å². The largest absolute Gasteiger partial charge is 0.354 e. The van der Waals surface area contributed by atoms with E-state index >= 15 is 0 Å². The molecular weight excluding hydrogens is 415 g/mol. The molecule has 1 aliphatic rings. The van der Waals surface area contributed by atoms with E-state index in [1.54, 1.807) is 17.8 Å². The van der Waals surface area contributed by atoms with Crippen molar-refractivity contribution in [3.8, 4) is 0 Å². The molecule has 1 N–H and O–H groups in total. The predicted octanol–water partition coefficient (Wildman–Crippen LogP) is 3.80. The Bertz CT molecular complexity index is 980. The van der Waals surface area contributed by atoms with Crippen molar-refractivity contribution < 1.29 is 14.0 Å². The van der Waals surface area contributed by atoms with Gasteiger partial charge in [-0.2, -0.15) is 5.10 Å². The van der Waals surface area contributed by atoms with Gasteiger partial charge in [-0.1, -0.05) is 46.8 Å². The maximum absolute atomic E-state index is 14.1. The van der Waals surface area contributed by atoms with Crippen molar-refractivity contribution >= 4 is 29.4 Å². The first-order valence-corrected chi connectivity index (χ1v) is 11.6. The number of carbonyl (C=O) groups excluding carboxylic acids is 2. The maximum Gasteiger partial charge on any atom is 0.240 e. The van der Waals surface area contributed by atoms with Gasteiger partial charge in [0.1, 0.15) is 18.2 Å². The topological polar surface area (TPSA) is 67.2 Å². The summed E-state index contributed by atoms with van der Waals surface area (Å²) < 4.78 is 15.7. The predicted molar refractivity (Wildman–Crippen MR) is 123 cm³/mol. The summed E-state index contributed by atoms with van der Waals surface area (Å²) in [7, 11) is 1.79. The van der Waals surface area contributed by atoms with E-state index in [9.17, 15) is 14.0 Å². The SMILES string of the molecule is CC(C)CNC(=O)CN1C(=O)CSC(c2cccc(F)c2)c2c(C(C)(C)C)nn(C)c21. The Labute approximate surface area is 187 Å². The second-order valence-corrected chi connectivity index (χ2v) is 10.5. The molecule has 1 aliphatic heterocycles. The van der Waals surface area contributed by atoms with Gasteiger partial charge in [0.15, 0.2) is 0 Å². The molecule has 2 heterocycles. The molecule has 31 heavy (non-hydrogen) atoms. The van der Waals surface area contributed by atoms with Gasteiger partial charge in [0.25, 0.3) is 0 Å². The average Bonchev–Trinajstić information content (AvgIpc) is 2.94. The third-order valence-electron chi connectivity index (χ3n) is 5.12. The van der Waals surface area contributed by atoms with Gasteiger partial charge in [-0.3, -0.25) is 19.2 Å². The molecule has 2 aromatic rings. The molecule has 1 unspecified atom stereocenters. The Balaban J connectivity index is 2.12. The van der Waals surface area contributed by atoms with E-state index < -0.39 is 0 Å². The highest BCUT2D eigenvalue weighted by atomic mass is 32.2.